The quantitative estimate of drug-likeness (QED) is 0.676. The molecule has 1 aromatic heterocycles. The number of hydrogen-bond acceptors (Lipinski definition) is 5. The van der Waals surface area contributed by atoms with E-state index in [1.165, 1.54) is 17.7 Å². The fourth-order valence-corrected chi connectivity index (χ4v) is 5.43. The van der Waals surface area contributed by atoms with Crippen molar-refractivity contribution < 1.29 is 13.5 Å². The highest BCUT2D eigenvalue weighted by Gasteiger charge is 2.42. The summed E-state index contributed by atoms with van der Waals surface area (Å²) in [7, 11) is 0. The number of fused-ring (bicyclic) bond motifs is 1. The second-order valence-corrected chi connectivity index (χ2v) is 9.19. The lowest BCUT2D eigenvalue weighted by Crippen LogP contribution is -2.37. The fourth-order valence-electron chi connectivity index (χ4n) is 5.43. The van der Waals surface area contributed by atoms with Crippen LogP contribution in [0.4, 0.5) is 8.78 Å². The van der Waals surface area contributed by atoms with Gasteiger partial charge < -0.3 is 10.1 Å². The summed E-state index contributed by atoms with van der Waals surface area (Å²) in [6.07, 6.45) is 8.95. The molecule has 3 aliphatic rings. The van der Waals surface area contributed by atoms with Crippen molar-refractivity contribution in [3.8, 4) is 0 Å². The predicted molar refractivity (Wildman–Crippen MR) is 113 cm³/mol. The van der Waals surface area contributed by atoms with Gasteiger partial charge in [0, 0.05) is 23.9 Å². The third-order valence-corrected chi connectivity index (χ3v) is 7.12. The molecule has 0 radical (unpaired) electrons. The molecule has 3 N–H and O–H groups in total. The predicted octanol–water partition coefficient (Wildman–Crippen LogP) is 3.55. The van der Waals surface area contributed by atoms with E-state index in [4.69, 9.17) is 4.74 Å². The van der Waals surface area contributed by atoms with Crippen molar-refractivity contribution in [1.82, 2.24) is 25.9 Å². The Bertz CT molecular complexity index is 880. The number of piperidine rings is 1. The maximum absolute atomic E-state index is 13.6. The molecule has 1 aromatic carbocycles. The van der Waals surface area contributed by atoms with Crippen LogP contribution in [0.3, 0.4) is 0 Å². The van der Waals surface area contributed by atoms with Crippen molar-refractivity contribution in [3.05, 3.63) is 53.4 Å². The Morgan fingerprint density at radius 2 is 1.84 bits per heavy atom. The van der Waals surface area contributed by atoms with Gasteiger partial charge in [0.1, 0.15) is 11.6 Å². The molecule has 0 spiro atoms. The smallest absolute Gasteiger partial charge is 0.126 e. The monoisotopic (exact) mass is 431 g/mol. The van der Waals surface area contributed by atoms with Crippen molar-refractivity contribution in [2.45, 2.75) is 69.4 Å². The molecule has 2 aliphatic heterocycles. The van der Waals surface area contributed by atoms with Crippen molar-refractivity contribution >= 4 is 0 Å². The van der Waals surface area contributed by atoms with Crippen molar-refractivity contribution in [2.24, 2.45) is 5.92 Å². The zero-order valence-electron chi connectivity index (χ0n) is 17.9. The van der Waals surface area contributed by atoms with Crippen molar-refractivity contribution in [3.63, 3.8) is 0 Å². The number of aromatic nitrogens is 2. The Morgan fingerprint density at radius 1 is 1.06 bits per heavy atom. The topological polar surface area (TPSA) is 63.1 Å². The van der Waals surface area contributed by atoms with E-state index in [1.807, 2.05) is 13.1 Å². The summed E-state index contributed by atoms with van der Waals surface area (Å²) >= 11 is 0. The molecule has 2 aromatic rings. The average Bonchev–Trinajstić information content (AvgIpc) is 3.40. The van der Waals surface area contributed by atoms with E-state index in [0.717, 1.165) is 51.3 Å². The van der Waals surface area contributed by atoms with E-state index < -0.39 is 11.6 Å². The number of nitrogens with one attached hydrogen (secondary N) is 3. The van der Waals surface area contributed by atoms with Gasteiger partial charge >= 0.3 is 0 Å². The molecule has 6 nitrogen and oxygen atoms in total. The molecule has 0 amide bonds. The summed E-state index contributed by atoms with van der Waals surface area (Å²) in [5.41, 5.74) is 8.70. The van der Waals surface area contributed by atoms with E-state index in [1.54, 1.807) is 0 Å². The Morgan fingerprint density at radius 3 is 2.61 bits per heavy atom. The Hall–Kier alpha value is -1.87. The minimum absolute atomic E-state index is 0.0613. The second-order valence-electron chi connectivity index (χ2n) is 9.19. The third kappa shape index (κ3) is 4.53. The van der Waals surface area contributed by atoms with Gasteiger partial charge in [-0.05, 0) is 75.7 Å². The van der Waals surface area contributed by atoms with Gasteiger partial charge in [-0.2, -0.15) is 5.10 Å². The van der Waals surface area contributed by atoms with Crippen LogP contribution < -0.4 is 16.2 Å². The van der Waals surface area contributed by atoms with Gasteiger partial charge in [-0.1, -0.05) is 0 Å². The highest BCUT2D eigenvalue weighted by molar-refractivity contribution is 5.20. The zero-order valence-corrected chi connectivity index (χ0v) is 17.9. The number of benzene rings is 1. The lowest BCUT2D eigenvalue weighted by atomic mass is 9.78. The molecule has 168 valence electrons. The van der Waals surface area contributed by atoms with E-state index in [9.17, 15) is 8.78 Å². The molecule has 0 bridgehead atoms. The van der Waals surface area contributed by atoms with Crippen molar-refractivity contribution in [2.75, 3.05) is 13.1 Å². The second kappa shape index (κ2) is 8.94. The third-order valence-electron chi connectivity index (χ3n) is 7.12. The first-order valence-corrected chi connectivity index (χ1v) is 11.4. The molecule has 8 heteroatoms. The Labute approximate surface area is 181 Å². The molecule has 3 heterocycles. The van der Waals surface area contributed by atoms with E-state index in [0.29, 0.717) is 23.6 Å². The highest BCUT2D eigenvalue weighted by atomic mass is 19.1. The number of nitrogens with zero attached hydrogens (tertiary/aromatic N) is 2. The summed E-state index contributed by atoms with van der Waals surface area (Å²) in [5.74, 6) is -0.741. The molecular weight excluding hydrogens is 400 g/mol. The van der Waals surface area contributed by atoms with Crippen LogP contribution in [-0.4, -0.2) is 35.0 Å². The SMILES string of the molecule is C[C@@H](OC1CCC2NNC(c3cnn(C4CCNCC4)c3)C2C1)c1cc(F)cc(F)c1. The maximum Gasteiger partial charge on any atom is 0.126 e. The van der Waals surface area contributed by atoms with Gasteiger partial charge in [-0.3, -0.25) is 10.1 Å². The van der Waals surface area contributed by atoms with Gasteiger partial charge in [0.05, 0.1) is 30.5 Å². The highest BCUT2D eigenvalue weighted by Crippen LogP contribution is 2.40. The normalized spacial score (nSPS) is 30.3. The van der Waals surface area contributed by atoms with Gasteiger partial charge in [0.15, 0.2) is 0 Å². The zero-order chi connectivity index (χ0) is 21.4. The van der Waals surface area contributed by atoms with Crippen LogP contribution in [0.5, 0.6) is 0 Å². The number of rotatable bonds is 5. The van der Waals surface area contributed by atoms with Gasteiger partial charge in [0.2, 0.25) is 0 Å². The van der Waals surface area contributed by atoms with Crippen LogP contribution in [-0.2, 0) is 4.74 Å². The van der Waals surface area contributed by atoms with E-state index in [-0.39, 0.29) is 18.2 Å². The minimum Gasteiger partial charge on any atom is -0.371 e. The number of hydrazine groups is 1. The molecule has 2 saturated heterocycles. The number of ether oxygens (including phenoxy) is 1. The van der Waals surface area contributed by atoms with E-state index >= 15 is 0 Å². The van der Waals surface area contributed by atoms with Crippen LogP contribution in [0.2, 0.25) is 0 Å². The summed E-state index contributed by atoms with van der Waals surface area (Å²) in [5, 5.41) is 8.07. The van der Waals surface area contributed by atoms with Crippen LogP contribution in [0.15, 0.2) is 30.6 Å². The van der Waals surface area contributed by atoms with Crippen LogP contribution in [0, 0.1) is 17.6 Å². The molecule has 1 saturated carbocycles. The fraction of sp³-hybridized carbons (Fsp3) is 0.609. The van der Waals surface area contributed by atoms with Gasteiger partial charge in [0.25, 0.3) is 0 Å². The van der Waals surface area contributed by atoms with Gasteiger partial charge in [-0.25, -0.2) is 14.2 Å². The number of hydrogen-bond donors (Lipinski definition) is 3. The molecule has 5 atom stereocenters. The van der Waals surface area contributed by atoms with Gasteiger partial charge in [-0.15, -0.1) is 0 Å². The summed E-state index contributed by atoms with van der Waals surface area (Å²) < 4.78 is 35.6. The molecule has 5 rings (SSSR count). The molecular formula is C23H31F2N5O. The van der Waals surface area contributed by atoms with Crippen LogP contribution >= 0.6 is 0 Å². The molecule has 1 aliphatic carbocycles. The summed E-state index contributed by atoms with van der Waals surface area (Å²) in [4.78, 5) is 0. The summed E-state index contributed by atoms with van der Waals surface area (Å²) in [6, 6.07) is 4.66. The Balaban J connectivity index is 1.25. The molecule has 4 unspecified atom stereocenters. The summed E-state index contributed by atoms with van der Waals surface area (Å²) in [6.45, 7) is 3.95. The lowest BCUT2D eigenvalue weighted by Gasteiger charge is -2.34. The first-order chi connectivity index (χ1) is 15.1. The average molecular weight is 432 g/mol. The maximum atomic E-state index is 13.6. The standard InChI is InChI=1S/C23H31F2N5O/c1-14(15-8-17(24)10-18(25)9-15)31-20-2-3-22-21(11-20)23(29-28-22)16-12-27-30(13-16)19-4-6-26-7-5-19/h8-10,12-14,19-23,26,28-29H,2-7,11H2,1H3/t14-,20?,21?,22?,23?/m1/s1. The minimum atomic E-state index is -0.566. The largest absolute Gasteiger partial charge is 0.371 e. The van der Waals surface area contributed by atoms with Crippen LogP contribution in [0.25, 0.3) is 0 Å². The van der Waals surface area contributed by atoms with E-state index in [2.05, 4.69) is 32.1 Å². The Kier molecular flexibility index (Phi) is 6.05. The molecule has 31 heavy (non-hydrogen) atoms. The number of halogens is 2. The molecule has 3 fully saturated rings. The van der Waals surface area contributed by atoms with Crippen molar-refractivity contribution in [1.29, 1.82) is 0 Å². The lowest BCUT2D eigenvalue weighted by molar-refractivity contribution is -0.0372. The van der Waals surface area contributed by atoms with Crippen LogP contribution in [0.1, 0.15) is 68.3 Å². The first kappa shape index (κ1) is 21.0. The first-order valence-electron chi connectivity index (χ1n) is 11.4.